The number of hydrogen-bond acceptors (Lipinski definition) is 3. The van der Waals surface area contributed by atoms with Crippen molar-refractivity contribution >= 4 is 40.7 Å². The molecule has 0 heterocycles. The van der Waals surface area contributed by atoms with Crippen LogP contribution in [0, 0.1) is 10.1 Å². The van der Waals surface area contributed by atoms with E-state index in [1.165, 1.54) is 23.9 Å². The number of halogens is 4. The van der Waals surface area contributed by atoms with E-state index in [4.69, 9.17) is 23.2 Å². The van der Waals surface area contributed by atoms with E-state index in [9.17, 15) is 18.9 Å². The number of rotatable bonds is 8. The van der Waals surface area contributed by atoms with Crippen molar-refractivity contribution in [2.45, 2.75) is 28.9 Å². The van der Waals surface area contributed by atoms with Gasteiger partial charge in [0.2, 0.25) is 0 Å². The van der Waals surface area contributed by atoms with Crippen LogP contribution in [0.3, 0.4) is 0 Å². The Kier molecular flexibility index (Phi) is 7.34. The number of nitro benzene ring substituents is 1. The van der Waals surface area contributed by atoms with Crippen LogP contribution in [0.5, 0.6) is 0 Å². The number of non-ortho nitro benzene ring substituents is 1. The molecule has 3 nitrogen and oxygen atoms in total. The summed E-state index contributed by atoms with van der Waals surface area (Å²) in [4.78, 5) is 11.0. The fourth-order valence-electron chi connectivity index (χ4n) is 2.96. The van der Waals surface area contributed by atoms with E-state index in [1.807, 2.05) is 0 Å². The molecular formula is C22H17Cl2F2NO2S. The van der Waals surface area contributed by atoms with Crippen molar-refractivity contribution in [3.8, 4) is 0 Å². The lowest BCUT2D eigenvalue weighted by Gasteiger charge is -2.24. The molecule has 0 aliphatic carbocycles. The highest BCUT2D eigenvalue weighted by Gasteiger charge is 2.34. The quantitative estimate of drug-likeness (QED) is 0.191. The molecule has 0 aromatic heterocycles. The lowest BCUT2D eigenvalue weighted by atomic mass is 10.00. The molecule has 1 unspecified atom stereocenters. The van der Waals surface area contributed by atoms with Gasteiger partial charge in [-0.05, 0) is 47.5 Å². The van der Waals surface area contributed by atoms with E-state index in [0.29, 0.717) is 26.1 Å². The Hall–Kier alpha value is -2.15. The van der Waals surface area contributed by atoms with Crippen LogP contribution in [0.2, 0.25) is 10.0 Å². The van der Waals surface area contributed by atoms with Gasteiger partial charge >= 0.3 is 0 Å². The molecule has 156 valence electrons. The summed E-state index contributed by atoms with van der Waals surface area (Å²) < 4.78 is 29.9. The van der Waals surface area contributed by atoms with E-state index in [-0.39, 0.29) is 5.69 Å². The normalized spacial score (nSPS) is 12.5. The number of alkyl halides is 2. The van der Waals surface area contributed by atoms with Crippen molar-refractivity contribution in [3.05, 3.63) is 104 Å². The van der Waals surface area contributed by atoms with E-state index in [0.717, 1.165) is 0 Å². The van der Waals surface area contributed by atoms with Crippen LogP contribution in [-0.2, 0) is 6.42 Å². The van der Waals surface area contributed by atoms with E-state index >= 15 is 0 Å². The van der Waals surface area contributed by atoms with Crippen molar-refractivity contribution in [2.24, 2.45) is 0 Å². The molecule has 3 rings (SSSR count). The second kappa shape index (κ2) is 9.77. The lowest BCUT2D eigenvalue weighted by molar-refractivity contribution is -0.384. The predicted octanol–water partition coefficient (Wildman–Crippen LogP) is 8.00. The van der Waals surface area contributed by atoms with Crippen LogP contribution >= 0.6 is 35.0 Å². The zero-order valence-electron chi connectivity index (χ0n) is 15.6. The molecule has 0 aliphatic rings. The van der Waals surface area contributed by atoms with Crippen molar-refractivity contribution in [2.75, 3.05) is 0 Å². The van der Waals surface area contributed by atoms with Gasteiger partial charge in [0.25, 0.3) is 11.6 Å². The summed E-state index contributed by atoms with van der Waals surface area (Å²) in [7, 11) is 0. The topological polar surface area (TPSA) is 43.1 Å². The molecule has 0 saturated heterocycles. The Balaban J connectivity index is 1.82. The summed E-state index contributed by atoms with van der Waals surface area (Å²) >= 11 is 13.0. The maximum atomic E-state index is 14.9. The molecule has 0 spiro atoms. The van der Waals surface area contributed by atoms with Gasteiger partial charge in [0.05, 0.1) is 4.92 Å². The highest BCUT2D eigenvalue weighted by Crippen LogP contribution is 2.43. The summed E-state index contributed by atoms with van der Waals surface area (Å²) in [5.74, 6) is -2.97. The van der Waals surface area contributed by atoms with Gasteiger partial charge < -0.3 is 0 Å². The summed E-state index contributed by atoms with van der Waals surface area (Å²) in [6.45, 7) is 0. The Morgan fingerprint density at radius 3 is 1.97 bits per heavy atom. The molecule has 0 amide bonds. The monoisotopic (exact) mass is 467 g/mol. The van der Waals surface area contributed by atoms with Gasteiger partial charge in [0, 0.05) is 45.2 Å². The molecule has 0 radical (unpaired) electrons. The van der Waals surface area contributed by atoms with Crippen LogP contribution in [0.25, 0.3) is 0 Å². The molecule has 8 heteroatoms. The molecule has 1 atom stereocenters. The molecule has 0 N–H and O–H groups in total. The molecule has 3 aromatic rings. The summed E-state index contributed by atoms with van der Waals surface area (Å²) in [6, 6.07) is 19.0. The Bertz CT molecular complexity index is 997. The number of benzene rings is 3. The van der Waals surface area contributed by atoms with Gasteiger partial charge in [-0.15, -0.1) is 11.8 Å². The summed E-state index contributed by atoms with van der Waals surface area (Å²) in [5, 5.41) is 11.3. The molecule has 3 aromatic carbocycles. The minimum atomic E-state index is -2.97. The smallest absolute Gasteiger partial charge is 0.258 e. The van der Waals surface area contributed by atoms with Crippen molar-refractivity contribution in [1.82, 2.24) is 0 Å². The number of thioether (sulfide) groups is 1. The zero-order valence-corrected chi connectivity index (χ0v) is 17.9. The zero-order chi connectivity index (χ0) is 21.7. The van der Waals surface area contributed by atoms with Gasteiger partial charge in [0.1, 0.15) is 0 Å². The number of hydrogen-bond donors (Lipinski definition) is 0. The average molecular weight is 468 g/mol. The van der Waals surface area contributed by atoms with Gasteiger partial charge in [-0.2, -0.15) is 0 Å². The Morgan fingerprint density at radius 1 is 0.900 bits per heavy atom. The summed E-state index contributed by atoms with van der Waals surface area (Å²) in [6.07, 6.45) is -0.812. The van der Waals surface area contributed by atoms with Crippen LogP contribution in [0.15, 0.2) is 77.7 Å². The first-order chi connectivity index (χ1) is 14.2. The third-order valence-electron chi connectivity index (χ3n) is 4.43. The molecule has 0 saturated carbocycles. The third-order valence-corrected chi connectivity index (χ3v) is 6.20. The maximum Gasteiger partial charge on any atom is 0.269 e. The molecule has 0 bridgehead atoms. The SMILES string of the molecule is O=[N+]([O-])c1ccc(SC(CC(F)(F)Cc2ccc(Cl)cc2)c2ccc(Cl)cc2)cc1. The fraction of sp³-hybridized carbons (Fsp3) is 0.182. The Labute approximate surface area is 187 Å². The van der Waals surface area contributed by atoms with Gasteiger partial charge in [0.15, 0.2) is 0 Å². The van der Waals surface area contributed by atoms with Gasteiger partial charge in [-0.25, -0.2) is 8.78 Å². The Morgan fingerprint density at radius 2 is 1.43 bits per heavy atom. The van der Waals surface area contributed by atoms with E-state index < -0.39 is 28.9 Å². The van der Waals surface area contributed by atoms with Crippen LogP contribution in [0.1, 0.15) is 22.8 Å². The van der Waals surface area contributed by atoms with Crippen molar-refractivity contribution in [3.63, 3.8) is 0 Å². The van der Waals surface area contributed by atoms with E-state index in [2.05, 4.69) is 0 Å². The minimum Gasteiger partial charge on any atom is -0.258 e. The summed E-state index contributed by atoms with van der Waals surface area (Å²) in [5.41, 5.74) is 1.16. The van der Waals surface area contributed by atoms with Crippen molar-refractivity contribution in [1.29, 1.82) is 0 Å². The number of nitro groups is 1. The first-order valence-electron chi connectivity index (χ1n) is 9.01. The predicted molar refractivity (Wildman–Crippen MR) is 118 cm³/mol. The van der Waals surface area contributed by atoms with Gasteiger partial charge in [-0.3, -0.25) is 10.1 Å². The van der Waals surface area contributed by atoms with Crippen LogP contribution in [-0.4, -0.2) is 10.8 Å². The second-order valence-corrected chi connectivity index (χ2v) is 8.92. The van der Waals surface area contributed by atoms with Crippen molar-refractivity contribution < 1.29 is 13.7 Å². The first kappa shape index (κ1) is 22.5. The molecule has 0 aliphatic heterocycles. The van der Waals surface area contributed by atoms with Crippen LogP contribution in [0.4, 0.5) is 14.5 Å². The van der Waals surface area contributed by atoms with Crippen LogP contribution < -0.4 is 0 Å². The molecule has 30 heavy (non-hydrogen) atoms. The minimum absolute atomic E-state index is 0.0459. The highest BCUT2D eigenvalue weighted by molar-refractivity contribution is 7.99. The molecule has 0 fully saturated rings. The second-order valence-electron chi connectivity index (χ2n) is 6.77. The molecular weight excluding hydrogens is 451 g/mol. The number of nitrogens with zero attached hydrogens (tertiary/aromatic N) is 1. The van der Waals surface area contributed by atoms with Gasteiger partial charge in [-0.1, -0.05) is 47.5 Å². The average Bonchev–Trinajstić information content (AvgIpc) is 2.70. The van der Waals surface area contributed by atoms with E-state index in [1.54, 1.807) is 60.7 Å². The largest absolute Gasteiger partial charge is 0.269 e. The fourth-order valence-corrected chi connectivity index (χ4v) is 4.45. The standard InChI is InChI=1S/C22H17Cl2F2NO2S/c23-17-5-1-15(2-6-17)13-22(25,26)14-21(16-3-7-18(24)8-4-16)30-20-11-9-19(10-12-20)27(28)29/h1-12,21H,13-14H2. The lowest BCUT2D eigenvalue weighted by Crippen LogP contribution is -2.22. The third kappa shape index (κ3) is 6.42. The maximum absolute atomic E-state index is 14.9. The first-order valence-corrected chi connectivity index (χ1v) is 10.6. The highest BCUT2D eigenvalue weighted by atomic mass is 35.5.